The number of likely N-dealkylation sites (N-methyl/N-ethyl adjacent to an activating group) is 2. The van der Waals surface area contributed by atoms with Crippen molar-refractivity contribution < 1.29 is 14.3 Å². The lowest BCUT2D eigenvalue weighted by Crippen LogP contribution is -2.32. The average molecular weight is 278 g/mol. The van der Waals surface area contributed by atoms with Crippen LogP contribution in [0.4, 0.5) is 0 Å². The van der Waals surface area contributed by atoms with Gasteiger partial charge in [0.15, 0.2) is 6.61 Å². The Morgan fingerprint density at radius 2 is 2.05 bits per heavy atom. The van der Waals surface area contributed by atoms with Crippen LogP contribution >= 0.6 is 0 Å². The largest absolute Gasteiger partial charge is 0.484 e. The minimum Gasteiger partial charge on any atom is -0.484 e. The fraction of sp³-hybridized carbons (Fsp3) is 0.467. The lowest BCUT2D eigenvalue weighted by molar-refractivity contribution is -0.122. The second-order valence-electron chi connectivity index (χ2n) is 4.77. The van der Waals surface area contributed by atoms with Gasteiger partial charge in [0.05, 0.1) is 6.54 Å². The van der Waals surface area contributed by atoms with Crippen LogP contribution in [0.15, 0.2) is 24.3 Å². The van der Waals surface area contributed by atoms with Gasteiger partial charge in [-0.25, -0.2) is 0 Å². The summed E-state index contributed by atoms with van der Waals surface area (Å²) in [4.78, 5) is 23.5. The lowest BCUT2D eigenvalue weighted by Gasteiger charge is -2.22. The molecule has 1 atom stereocenters. The van der Waals surface area contributed by atoms with E-state index in [1.165, 1.54) is 5.56 Å². The molecule has 0 spiro atoms. The number of nitrogens with zero attached hydrogens (tertiary/aromatic N) is 1. The summed E-state index contributed by atoms with van der Waals surface area (Å²) in [5, 5.41) is 2.50. The van der Waals surface area contributed by atoms with E-state index in [9.17, 15) is 9.59 Å². The topological polar surface area (TPSA) is 58.6 Å². The van der Waals surface area contributed by atoms with Gasteiger partial charge in [-0.05, 0) is 38.1 Å². The van der Waals surface area contributed by atoms with Crippen LogP contribution in [-0.2, 0) is 16.0 Å². The van der Waals surface area contributed by atoms with Crippen LogP contribution in [0.3, 0.4) is 0 Å². The molecule has 0 saturated heterocycles. The number of carbonyl (C=O) groups excluding carboxylic acids is 2. The van der Waals surface area contributed by atoms with Gasteiger partial charge >= 0.3 is 0 Å². The molecule has 20 heavy (non-hydrogen) atoms. The van der Waals surface area contributed by atoms with Gasteiger partial charge in [-0.15, -0.1) is 0 Å². The summed E-state index contributed by atoms with van der Waals surface area (Å²) in [5.41, 5.74) is 1.17. The zero-order valence-electron chi connectivity index (χ0n) is 12.3. The Balaban J connectivity index is 2.49. The Hall–Kier alpha value is -1.88. The van der Waals surface area contributed by atoms with Crippen LogP contribution in [0.2, 0.25) is 0 Å². The quantitative estimate of drug-likeness (QED) is 0.717. The first-order valence-corrected chi connectivity index (χ1v) is 6.63. The molecule has 5 nitrogen and oxygen atoms in total. The van der Waals surface area contributed by atoms with Crippen LogP contribution < -0.4 is 10.1 Å². The van der Waals surface area contributed by atoms with E-state index in [-0.39, 0.29) is 18.6 Å². The highest BCUT2D eigenvalue weighted by Gasteiger charge is 2.09. The van der Waals surface area contributed by atoms with Gasteiger partial charge in [-0.1, -0.05) is 12.1 Å². The number of ether oxygens (including phenoxy) is 1. The Morgan fingerprint density at radius 1 is 1.40 bits per heavy atom. The molecule has 110 valence electrons. The molecule has 1 amide bonds. The number of hydrogen-bond donors (Lipinski definition) is 1. The zero-order chi connectivity index (χ0) is 15.0. The fourth-order valence-electron chi connectivity index (χ4n) is 1.74. The smallest absolute Gasteiger partial charge is 0.257 e. The van der Waals surface area contributed by atoms with Gasteiger partial charge in [0.1, 0.15) is 12.0 Å². The maximum atomic E-state index is 11.1. The number of benzene rings is 1. The van der Waals surface area contributed by atoms with Crippen molar-refractivity contribution in [1.82, 2.24) is 10.2 Å². The van der Waals surface area contributed by atoms with Crippen molar-refractivity contribution in [2.45, 2.75) is 19.4 Å². The van der Waals surface area contributed by atoms with E-state index < -0.39 is 0 Å². The lowest BCUT2D eigenvalue weighted by atomic mass is 10.1. The molecule has 1 rings (SSSR count). The van der Waals surface area contributed by atoms with Crippen LogP contribution in [-0.4, -0.2) is 50.4 Å². The van der Waals surface area contributed by atoms with Crippen molar-refractivity contribution in [2.24, 2.45) is 0 Å². The first kappa shape index (κ1) is 16.2. The number of aldehydes is 1. The van der Waals surface area contributed by atoms with E-state index in [0.29, 0.717) is 12.3 Å². The Kier molecular flexibility index (Phi) is 6.73. The summed E-state index contributed by atoms with van der Waals surface area (Å²) in [6.45, 7) is 2.54. The summed E-state index contributed by atoms with van der Waals surface area (Å²) in [6.07, 6.45) is 1.77. The third-order valence-corrected chi connectivity index (χ3v) is 3.22. The normalized spacial score (nSPS) is 12.0. The summed E-state index contributed by atoms with van der Waals surface area (Å²) in [6, 6.07) is 7.95. The highest BCUT2D eigenvalue weighted by atomic mass is 16.5. The highest BCUT2D eigenvalue weighted by molar-refractivity contribution is 5.77. The number of nitrogens with one attached hydrogen (secondary N) is 1. The highest BCUT2D eigenvalue weighted by Crippen LogP contribution is 2.14. The molecule has 0 radical (unpaired) electrons. The van der Waals surface area contributed by atoms with Crippen LogP contribution in [0, 0.1) is 0 Å². The second-order valence-corrected chi connectivity index (χ2v) is 4.77. The van der Waals surface area contributed by atoms with Crippen LogP contribution in [0.5, 0.6) is 5.75 Å². The van der Waals surface area contributed by atoms with E-state index in [4.69, 9.17) is 4.74 Å². The van der Waals surface area contributed by atoms with Gasteiger partial charge in [-0.3, -0.25) is 9.69 Å². The molecule has 0 heterocycles. The maximum Gasteiger partial charge on any atom is 0.257 e. The Bertz CT molecular complexity index is 431. The minimum atomic E-state index is -0.154. The third kappa shape index (κ3) is 5.40. The van der Waals surface area contributed by atoms with E-state index in [1.807, 2.05) is 36.2 Å². The Labute approximate surface area is 119 Å². The van der Waals surface area contributed by atoms with Gasteiger partial charge < -0.3 is 14.8 Å². The molecular weight excluding hydrogens is 256 g/mol. The molecule has 0 aliphatic carbocycles. The molecular formula is C15H22N2O3. The third-order valence-electron chi connectivity index (χ3n) is 3.22. The van der Waals surface area contributed by atoms with Crippen LogP contribution in [0.25, 0.3) is 0 Å². The van der Waals surface area contributed by atoms with Crippen molar-refractivity contribution in [3.8, 4) is 5.75 Å². The van der Waals surface area contributed by atoms with E-state index in [1.54, 1.807) is 7.05 Å². The van der Waals surface area contributed by atoms with Crippen molar-refractivity contribution in [3.05, 3.63) is 29.8 Å². The second kappa shape index (κ2) is 8.32. The predicted molar refractivity (Wildman–Crippen MR) is 77.9 cm³/mol. The summed E-state index contributed by atoms with van der Waals surface area (Å²) in [7, 11) is 3.51. The summed E-state index contributed by atoms with van der Waals surface area (Å²) in [5.74, 6) is 0.518. The van der Waals surface area contributed by atoms with Crippen LogP contribution in [0.1, 0.15) is 12.5 Å². The fourth-order valence-corrected chi connectivity index (χ4v) is 1.74. The average Bonchev–Trinajstić information content (AvgIpc) is 2.46. The number of rotatable bonds is 8. The van der Waals surface area contributed by atoms with Crippen molar-refractivity contribution >= 4 is 12.2 Å². The molecule has 0 aromatic heterocycles. The zero-order valence-corrected chi connectivity index (χ0v) is 12.3. The molecule has 5 heteroatoms. The SMILES string of the molecule is CNC(=O)COc1ccc(CC(C)N(C)CC=O)cc1. The van der Waals surface area contributed by atoms with Gasteiger partial charge in [0, 0.05) is 13.1 Å². The Morgan fingerprint density at radius 3 is 2.60 bits per heavy atom. The van der Waals surface area contributed by atoms with Crippen molar-refractivity contribution in [1.29, 1.82) is 0 Å². The molecule has 0 saturated carbocycles. The molecule has 0 fully saturated rings. The standard InChI is InChI=1S/C15H22N2O3/c1-12(17(3)8-9-18)10-13-4-6-14(7-5-13)20-11-15(19)16-2/h4-7,9,12H,8,10-11H2,1-3H3,(H,16,19). The van der Waals surface area contributed by atoms with Crippen molar-refractivity contribution in [3.63, 3.8) is 0 Å². The molecule has 1 N–H and O–H groups in total. The molecule has 1 aromatic carbocycles. The molecule has 0 aliphatic heterocycles. The molecule has 1 unspecified atom stereocenters. The number of amides is 1. The van der Waals surface area contributed by atoms with Crippen molar-refractivity contribution in [2.75, 3.05) is 27.2 Å². The molecule has 0 aliphatic rings. The van der Waals surface area contributed by atoms with E-state index >= 15 is 0 Å². The first-order valence-electron chi connectivity index (χ1n) is 6.63. The predicted octanol–water partition coefficient (Wildman–Crippen LogP) is 0.873. The molecule has 1 aromatic rings. The van der Waals surface area contributed by atoms with E-state index in [2.05, 4.69) is 12.2 Å². The van der Waals surface area contributed by atoms with Gasteiger partial charge in [0.25, 0.3) is 5.91 Å². The molecule has 0 bridgehead atoms. The minimum absolute atomic E-state index is 0.0221. The summed E-state index contributed by atoms with van der Waals surface area (Å²) >= 11 is 0. The van der Waals surface area contributed by atoms with Gasteiger partial charge in [0.2, 0.25) is 0 Å². The maximum absolute atomic E-state index is 11.1. The monoisotopic (exact) mass is 278 g/mol. The number of hydrogen-bond acceptors (Lipinski definition) is 4. The summed E-state index contributed by atoms with van der Waals surface area (Å²) < 4.78 is 5.34. The van der Waals surface area contributed by atoms with E-state index in [0.717, 1.165) is 12.7 Å². The number of carbonyl (C=O) groups is 2. The van der Waals surface area contributed by atoms with Gasteiger partial charge in [-0.2, -0.15) is 0 Å². The first-order chi connectivity index (χ1) is 9.56.